The monoisotopic (exact) mass is 401 g/mol. The minimum absolute atomic E-state index is 0.209. The zero-order valence-corrected chi connectivity index (χ0v) is 19.3. The number of hydrogen-bond acceptors (Lipinski definition) is 4. The molecule has 2 aromatic rings. The van der Waals surface area contributed by atoms with E-state index in [2.05, 4.69) is 79.5 Å². The molecule has 1 aliphatic heterocycles. The van der Waals surface area contributed by atoms with Crippen molar-refractivity contribution in [2.75, 3.05) is 31.2 Å². The van der Waals surface area contributed by atoms with Crippen LogP contribution in [0.2, 0.25) is 18.1 Å². The second-order valence-corrected chi connectivity index (χ2v) is 14.0. The molecule has 1 aromatic carbocycles. The molecular weight excluding hydrogens is 366 g/mol. The van der Waals surface area contributed by atoms with Crippen LogP contribution in [0.4, 0.5) is 5.69 Å². The minimum atomic E-state index is -1.78. The normalized spacial score (nSPS) is 15.9. The van der Waals surface area contributed by atoms with Crippen LogP contribution in [0, 0.1) is 6.92 Å². The van der Waals surface area contributed by atoms with Crippen LogP contribution in [0.1, 0.15) is 37.7 Å². The van der Waals surface area contributed by atoms with E-state index in [0.29, 0.717) is 6.61 Å². The molecule has 0 saturated carbocycles. The summed E-state index contributed by atoms with van der Waals surface area (Å²) in [6.07, 6.45) is 1.94. The Kier molecular flexibility index (Phi) is 6.32. The average Bonchev–Trinajstić information content (AvgIpc) is 3.00. The Bertz CT molecular complexity index is 772. The van der Waals surface area contributed by atoms with Crippen molar-refractivity contribution in [3.63, 3.8) is 0 Å². The Hall–Kier alpha value is -1.63. The molecule has 0 amide bonds. The first kappa shape index (κ1) is 21.1. The van der Waals surface area contributed by atoms with Gasteiger partial charge in [0.1, 0.15) is 0 Å². The molecule has 0 N–H and O–H groups in total. The molecule has 1 aromatic heterocycles. The van der Waals surface area contributed by atoms with Gasteiger partial charge in [-0.15, -0.1) is 0 Å². The van der Waals surface area contributed by atoms with Gasteiger partial charge in [-0.3, -0.25) is 0 Å². The molecular formula is C22H35N3O2Si. The molecule has 154 valence electrons. The fraction of sp³-hybridized carbons (Fsp3) is 0.591. The smallest absolute Gasteiger partial charge is 0.192 e. The molecule has 6 heteroatoms. The zero-order valence-electron chi connectivity index (χ0n) is 18.3. The van der Waals surface area contributed by atoms with Gasteiger partial charge in [-0.25, -0.2) is 4.98 Å². The molecule has 0 bridgehead atoms. The maximum absolute atomic E-state index is 6.46. The number of rotatable bonds is 6. The van der Waals surface area contributed by atoms with Gasteiger partial charge in [0.2, 0.25) is 0 Å². The lowest BCUT2D eigenvalue weighted by Crippen LogP contribution is -2.40. The highest BCUT2D eigenvalue weighted by Gasteiger charge is 2.37. The number of nitrogens with zero attached hydrogens (tertiary/aromatic N) is 3. The van der Waals surface area contributed by atoms with Crippen molar-refractivity contribution in [2.45, 2.75) is 59.0 Å². The first-order chi connectivity index (χ1) is 13.2. The summed E-state index contributed by atoms with van der Waals surface area (Å²) in [5.41, 5.74) is 4.80. The van der Waals surface area contributed by atoms with Crippen LogP contribution in [0.3, 0.4) is 0 Å². The fourth-order valence-electron chi connectivity index (χ4n) is 3.13. The van der Waals surface area contributed by atoms with E-state index >= 15 is 0 Å². The van der Waals surface area contributed by atoms with Crippen molar-refractivity contribution in [1.82, 2.24) is 9.55 Å². The van der Waals surface area contributed by atoms with Crippen molar-refractivity contribution in [2.24, 2.45) is 0 Å². The highest BCUT2D eigenvalue weighted by molar-refractivity contribution is 6.74. The summed E-state index contributed by atoms with van der Waals surface area (Å²) in [4.78, 5) is 6.92. The second-order valence-electron chi connectivity index (χ2n) is 9.22. The number of hydrogen-bond donors (Lipinski definition) is 0. The Morgan fingerprint density at radius 1 is 1.11 bits per heavy atom. The molecule has 0 atom stereocenters. The van der Waals surface area contributed by atoms with Gasteiger partial charge in [0.05, 0.1) is 37.5 Å². The molecule has 0 radical (unpaired) electrons. The van der Waals surface area contributed by atoms with Gasteiger partial charge in [0, 0.05) is 25.3 Å². The van der Waals surface area contributed by atoms with E-state index in [0.717, 1.165) is 38.5 Å². The third-order valence-electron chi connectivity index (χ3n) is 6.20. The van der Waals surface area contributed by atoms with Gasteiger partial charge in [-0.2, -0.15) is 0 Å². The van der Waals surface area contributed by atoms with Crippen molar-refractivity contribution in [3.8, 4) is 0 Å². The lowest BCUT2D eigenvalue weighted by Gasteiger charge is -2.36. The Morgan fingerprint density at radius 3 is 2.36 bits per heavy atom. The average molecular weight is 402 g/mol. The van der Waals surface area contributed by atoms with Crippen LogP contribution >= 0.6 is 0 Å². The fourth-order valence-corrected chi connectivity index (χ4v) is 4.06. The van der Waals surface area contributed by atoms with Gasteiger partial charge >= 0.3 is 0 Å². The molecule has 28 heavy (non-hydrogen) atoms. The zero-order chi connectivity index (χ0) is 20.4. The Balaban J connectivity index is 1.68. The lowest BCUT2D eigenvalue weighted by atomic mass is 10.2. The van der Waals surface area contributed by atoms with E-state index in [9.17, 15) is 0 Å². The molecule has 5 nitrogen and oxygen atoms in total. The SMILES string of the molecule is Cc1ncn(Cc2ccc(N3CCOCC3)cc2)c1CO[Si](C)(C)C(C)(C)C. The minimum Gasteiger partial charge on any atom is -0.411 e. The van der Waals surface area contributed by atoms with E-state index in [1.807, 2.05) is 6.33 Å². The van der Waals surface area contributed by atoms with E-state index < -0.39 is 8.32 Å². The summed E-state index contributed by atoms with van der Waals surface area (Å²) in [5.74, 6) is 0. The van der Waals surface area contributed by atoms with Crippen LogP contribution in [0.25, 0.3) is 0 Å². The maximum Gasteiger partial charge on any atom is 0.192 e. The van der Waals surface area contributed by atoms with Crippen LogP contribution in [-0.2, 0) is 22.3 Å². The van der Waals surface area contributed by atoms with Crippen LogP contribution in [-0.4, -0.2) is 44.2 Å². The van der Waals surface area contributed by atoms with E-state index in [-0.39, 0.29) is 5.04 Å². The van der Waals surface area contributed by atoms with Crippen LogP contribution < -0.4 is 4.90 Å². The molecule has 1 fully saturated rings. The Morgan fingerprint density at radius 2 is 1.75 bits per heavy atom. The molecule has 0 spiro atoms. The standard InChI is InChI=1S/C22H35N3O2Si/c1-18-21(16-27-28(5,6)22(2,3)4)25(17-23-18)15-19-7-9-20(10-8-19)24-11-13-26-14-12-24/h7-10,17H,11-16H2,1-6H3. The van der Waals surface area contributed by atoms with Crippen LogP contribution in [0.5, 0.6) is 0 Å². The lowest BCUT2D eigenvalue weighted by molar-refractivity contribution is 0.122. The van der Waals surface area contributed by atoms with E-state index in [1.165, 1.54) is 16.9 Å². The third-order valence-corrected chi connectivity index (χ3v) is 10.7. The topological polar surface area (TPSA) is 39.5 Å². The summed E-state index contributed by atoms with van der Waals surface area (Å²) in [6, 6.07) is 8.88. The quantitative estimate of drug-likeness (QED) is 0.663. The summed E-state index contributed by atoms with van der Waals surface area (Å²) >= 11 is 0. The summed E-state index contributed by atoms with van der Waals surface area (Å²) in [6.45, 7) is 18.5. The van der Waals surface area contributed by atoms with E-state index in [1.54, 1.807) is 0 Å². The number of imidazole rings is 1. The molecule has 1 saturated heterocycles. The third kappa shape index (κ3) is 4.85. The number of aryl methyl sites for hydroxylation is 1. The number of benzene rings is 1. The van der Waals surface area contributed by atoms with Crippen molar-refractivity contribution < 1.29 is 9.16 Å². The summed E-state index contributed by atoms with van der Waals surface area (Å²) in [7, 11) is -1.78. The largest absolute Gasteiger partial charge is 0.411 e. The van der Waals surface area contributed by atoms with Crippen LogP contribution in [0.15, 0.2) is 30.6 Å². The molecule has 2 heterocycles. The van der Waals surface area contributed by atoms with E-state index in [4.69, 9.17) is 9.16 Å². The molecule has 0 unspecified atom stereocenters. The first-order valence-electron chi connectivity index (χ1n) is 10.2. The first-order valence-corrected chi connectivity index (χ1v) is 13.1. The van der Waals surface area contributed by atoms with Crippen molar-refractivity contribution >= 4 is 14.0 Å². The number of anilines is 1. The summed E-state index contributed by atoms with van der Waals surface area (Å²) < 4.78 is 14.1. The van der Waals surface area contributed by atoms with Gasteiger partial charge in [0.25, 0.3) is 0 Å². The Labute approximate surface area is 170 Å². The number of morpholine rings is 1. The van der Waals surface area contributed by atoms with Crippen molar-refractivity contribution in [3.05, 3.63) is 47.5 Å². The predicted molar refractivity (Wildman–Crippen MR) is 118 cm³/mol. The highest BCUT2D eigenvalue weighted by Crippen LogP contribution is 2.37. The van der Waals surface area contributed by atoms with Gasteiger partial charge < -0.3 is 18.6 Å². The van der Waals surface area contributed by atoms with Gasteiger partial charge in [-0.1, -0.05) is 32.9 Å². The highest BCUT2D eigenvalue weighted by atomic mass is 28.4. The maximum atomic E-state index is 6.46. The molecule has 1 aliphatic rings. The predicted octanol–water partition coefficient (Wildman–Crippen LogP) is 4.60. The summed E-state index contributed by atoms with van der Waals surface area (Å²) in [5, 5.41) is 0.209. The van der Waals surface area contributed by atoms with Crippen molar-refractivity contribution in [1.29, 1.82) is 0 Å². The second kappa shape index (κ2) is 8.39. The van der Waals surface area contributed by atoms with Gasteiger partial charge in [-0.05, 0) is 42.8 Å². The molecule has 3 rings (SSSR count). The number of aromatic nitrogens is 2. The molecule has 0 aliphatic carbocycles. The van der Waals surface area contributed by atoms with Gasteiger partial charge in [0.15, 0.2) is 8.32 Å². The number of ether oxygens (including phenoxy) is 1.